The average molecular weight is 417 g/mol. The molecule has 1 atom stereocenters. The van der Waals surface area contributed by atoms with Crippen molar-refractivity contribution in [3.05, 3.63) is 29.5 Å². The van der Waals surface area contributed by atoms with Gasteiger partial charge in [0.1, 0.15) is 17.4 Å². The highest BCUT2D eigenvalue weighted by Crippen LogP contribution is 2.36. The van der Waals surface area contributed by atoms with Crippen molar-refractivity contribution in [3.8, 4) is 22.8 Å². The Hall–Kier alpha value is -3.07. The number of carbonyl (C=O) groups excluding carboxylic acids is 2. The van der Waals surface area contributed by atoms with Crippen molar-refractivity contribution in [1.29, 1.82) is 0 Å². The van der Waals surface area contributed by atoms with E-state index >= 15 is 0 Å². The Morgan fingerprint density at radius 1 is 1.10 bits per heavy atom. The lowest BCUT2D eigenvalue weighted by molar-refractivity contribution is -0.128. The van der Waals surface area contributed by atoms with Gasteiger partial charge in [-0.3, -0.25) is 9.59 Å². The molecule has 1 unspecified atom stereocenters. The fourth-order valence-corrected chi connectivity index (χ4v) is 3.57. The summed E-state index contributed by atoms with van der Waals surface area (Å²) in [4.78, 5) is 28.5. The first-order valence-electron chi connectivity index (χ1n) is 9.82. The van der Waals surface area contributed by atoms with E-state index in [1.165, 1.54) is 28.1 Å². The number of methoxy groups -OCH3 is 2. The quantitative estimate of drug-likeness (QED) is 0.794. The summed E-state index contributed by atoms with van der Waals surface area (Å²) >= 11 is 0. The second-order valence-corrected chi connectivity index (χ2v) is 7.17. The molecule has 1 aliphatic heterocycles. The third-order valence-corrected chi connectivity index (χ3v) is 5.20. The van der Waals surface area contributed by atoms with Gasteiger partial charge in [0.2, 0.25) is 5.91 Å². The molecule has 3 rings (SSSR count). The molecule has 2 amide bonds. The van der Waals surface area contributed by atoms with Crippen LogP contribution in [-0.4, -0.2) is 72.3 Å². The van der Waals surface area contributed by atoms with Gasteiger partial charge in [-0.15, -0.1) is 0 Å². The van der Waals surface area contributed by atoms with Crippen molar-refractivity contribution in [2.75, 3.05) is 40.4 Å². The van der Waals surface area contributed by atoms with Crippen LogP contribution in [0.5, 0.6) is 11.5 Å². The van der Waals surface area contributed by atoms with Gasteiger partial charge in [0, 0.05) is 38.7 Å². The van der Waals surface area contributed by atoms with Gasteiger partial charge in [0.05, 0.1) is 14.2 Å². The highest BCUT2D eigenvalue weighted by Gasteiger charge is 2.31. The number of aliphatic hydroxyl groups is 1. The van der Waals surface area contributed by atoms with Crippen molar-refractivity contribution in [1.82, 2.24) is 15.0 Å². The Morgan fingerprint density at radius 3 is 2.40 bits per heavy atom. The zero-order valence-electron chi connectivity index (χ0n) is 17.7. The van der Waals surface area contributed by atoms with Crippen LogP contribution >= 0.6 is 0 Å². The minimum Gasteiger partial charge on any atom is -0.493 e. The maximum Gasteiger partial charge on any atom is 0.259 e. The summed E-state index contributed by atoms with van der Waals surface area (Å²) in [5.74, 6) is 0.844. The molecule has 1 aromatic carbocycles. The lowest BCUT2D eigenvalue weighted by Crippen LogP contribution is -2.37. The largest absolute Gasteiger partial charge is 0.493 e. The number of aromatic nitrogens is 1. The fourth-order valence-electron chi connectivity index (χ4n) is 3.57. The first-order valence-corrected chi connectivity index (χ1v) is 9.82. The molecule has 9 nitrogen and oxygen atoms in total. The molecule has 0 bridgehead atoms. The summed E-state index contributed by atoms with van der Waals surface area (Å²) in [6.45, 7) is 5.01. The summed E-state index contributed by atoms with van der Waals surface area (Å²) in [6, 6.07) is 5.18. The van der Waals surface area contributed by atoms with E-state index in [4.69, 9.17) is 14.0 Å². The van der Waals surface area contributed by atoms with E-state index in [0.717, 1.165) is 0 Å². The molecule has 0 spiro atoms. The Balaban J connectivity index is 1.99. The summed E-state index contributed by atoms with van der Waals surface area (Å²) in [6.07, 6.45) is -0.335. The second kappa shape index (κ2) is 9.17. The van der Waals surface area contributed by atoms with E-state index < -0.39 is 6.10 Å². The van der Waals surface area contributed by atoms with Crippen molar-refractivity contribution >= 4 is 11.8 Å². The van der Waals surface area contributed by atoms with Crippen molar-refractivity contribution in [2.45, 2.75) is 26.4 Å². The first kappa shape index (κ1) is 21.6. The van der Waals surface area contributed by atoms with Crippen LogP contribution in [-0.2, 0) is 4.79 Å². The Kier molecular flexibility index (Phi) is 6.61. The van der Waals surface area contributed by atoms with Crippen LogP contribution in [0.3, 0.4) is 0 Å². The Morgan fingerprint density at radius 2 is 1.77 bits per heavy atom. The number of rotatable bonds is 5. The molecule has 1 saturated heterocycles. The minimum atomic E-state index is -1.01. The molecule has 30 heavy (non-hydrogen) atoms. The smallest absolute Gasteiger partial charge is 0.259 e. The van der Waals surface area contributed by atoms with Gasteiger partial charge < -0.3 is 28.9 Å². The van der Waals surface area contributed by atoms with Gasteiger partial charge in [0.15, 0.2) is 17.3 Å². The Bertz CT molecular complexity index is 923. The normalized spacial score (nSPS) is 15.5. The SMILES string of the molecule is COc1ccc(-c2noc(C(C)O)c2C(=O)N2CCCN(C(C)=O)CC2)cc1OC. The minimum absolute atomic E-state index is 0.00929. The monoisotopic (exact) mass is 417 g/mol. The number of ether oxygens (including phenoxy) is 2. The van der Waals surface area contributed by atoms with E-state index in [1.807, 2.05) is 0 Å². The number of hydrogen-bond acceptors (Lipinski definition) is 7. The van der Waals surface area contributed by atoms with E-state index in [-0.39, 0.29) is 23.1 Å². The van der Waals surface area contributed by atoms with Crippen LogP contribution in [0.25, 0.3) is 11.3 Å². The van der Waals surface area contributed by atoms with E-state index in [9.17, 15) is 14.7 Å². The number of benzene rings is 1. The predicted octanol–water partition coefficient (Wildman–Crippen LogP) is 2.11. The van der Waals surface area contributed by atoms with Gasteiger partial charge in [0.25, 0.3) is 5.91 Å². The highest BCUT2D eigenvalue weighted by molar-refractivity contribution is 6.01. The highest BCUT2D eigenvalue weighted by atomic mass is 16.5. The van der Waals surface area contributed by atoms with Crippen molar-refractivity contribution in [2.24, 2.45) is 0 Å². The Labute approximate surface area is 175 Å². The third kappa shape index (κ3) is 4.25. The summed E-state index contributed by atoms with van der Waals surface area (Å²) < 4.78 is 16.0. The second-order valence-electron chi connectivity index (χ2n) is 7.17. The van der Waals surface area contributed by atoms with Crippen LogP contribution in [0, 0.1) is 0 Å². The molecule has 1 aromatic heterocycles. The van der Waals surface area contributed by atoms with Crippen molar-refractivity contribution in [3.63, 3.8) is 0 Å². The van der Waals surface area contributed by atoms with Gasteiger partial charge >= 0.3 is 0 Å². The summed E-state index contributed by atoms with van der Waals surface area (Å²) in [5, 5.41) is 14.2. The van der Waals surface area contributed by atoms with E-state index in [2.05, 4.69) is 5.16 Å². The molecule has 0 aliphatic carbocycles. The summed E-state index contributed by atoms with van der Waals surface area (Å²) in [5.41, 5.74) is 1.14. The number of aliphatic hydroxyl groups excluding tert-OH is 1. The predicted molar refractivity (Wildman–Crippen MR) is 108 cm³/mol. The molecule has 1 aliphatic rings. The lowest BCUT2D eigenvalue weighted by Gasteiger charge is -2.22. The third-order valence-electron chi connectivity index (χ3n) is 5.20. The van der Waals surface area contributed by atoms with Crippen LogP contribution in [0.15, 0.2) is 22.7 Å². The maximum absolute atomic E-state index is 13.4. The standard InChI is InChI=1S/C21H27N3O6/c1-13(25)20-18(21(27)24-9-5-8-23(10-11-24)14(2)26)19(22-30-20)15-6-7-16(28-3)17(12-15)29-4/h6-7,12-13,25H,5,8-11H2,1-4H3. The number of carbonyl (C=O) groups is 2. The number of hydrogen-bond donors (Lipinski definition) is 1. The van der Waals surface area contributed by atoms with Gasteiger partial charge in [-0.2, -0.15) is 0 Å². The van der Waals surface area contributed by atoms with Crippen LogP contribution in [0.2, 0.25) is 0 Å². The fraction of sp³-hybridized carbons (Fsp3) is 0.476. The summed E-state index contributed by atoms with van der Waals surface area (Å²) in [7, 11) is 3.06. The molecule has 2 heterocycles. The molecule has 162 valence electrons. The number of nitrogens with zero attached hydrogens (tertiary/aromatic N) is 3. The molecule has 2 aromatic rings. The van der Waals surface area contributed by atoms with Crippen LogP contribution in [0.4, 0.5) is 0 Å². The first-order chi connectivity index (χ1) is 14.4. The molecule has 1 N–H and O–H groups in total. The number of amides is 2. The zero-order chi connectivity index (χ0) is 21.8. The van der Waals surface area contributed by atoms with Gasteiger partial charge in [-0.05, 0) is 31.5 Å². The molecule has 1 fully saturated rings. The van der Waals surface area contributed by atoms with Crippen LogP contribution in [0.1, 0.15) is 42.5 Å². The van der Waals surface area contributed by atoms with Gasteiger partial charge in [-0.25, -0.2) is 0 Å². The van der Waals surface area contributed by atoms with Gasteiger partial charge in [-0.1, -0.05) is 5.16 Å². The average Bonchev–Trinajstić information content (AvgIpc) is 3.03. The van der Waals surface area contributed by atoms with Crippen LogP contribution < -0.4 is 9.47 Å². The molecular formula is C21H27N3O6. The van der Waals surface area contributed by atoms with E-state index in [1.54, 1.807) is 28.0 Å². The van der Waals surface area contributed by atoms with E-state index in [0.29, 0.717) is 55.4 Å². The molecule has 0 radical (unpaired) electrons. The topological polar surface area (TPSA) is 105 Å². The maximum atomic E-state index is 13.4. The molecular weight excluding hydrogens is 390 g/mol. The lowest BCUT2D eigenvalue weighted by atomic mass is 10.0. The van der Waals surface area contributed by atoms with Crippen molar-refractivity contribution < 1.29 is 28.7 Å². The zero-order valence-corrected chi connectivity index (χ0v) is 17.7. The molecule has 9 heteroatoms. The molecule has 0 saturated carbocycles.